The number of amides is 1. The molecule has 0 heterocycles. The first-order valence-corrected chi connectivity index (χ1v) is 9.83. The van der Waals surface area contributed by atoms with Crippen LogP contribution in [-0.2, 0) is 33.6 Å². The van der Waals surface area contributed by atoms with E-state index >= 15 is 0 Å². The molecule has 0 saturated heterocycles. The standard InChI is InChI=1S/C23H27NO4/c1-17(10-11-18-6-3-2-4-7-18)24-22(25)15-28-23(26)16-27-21-13-12-19-8-5-9-20(19)14-21/h2-4,6-7,12-14,17H,5,8-11,15-16H2,1H3,(H,24,25). The van der Waals surface area contributed by atoms with Crippen LogP contribution in [0.4, 0.5) is 0 Å². The Bertz CT molecular complexity index is 804. The van der Waals surface area contributed by atoms with Crippen molar-refractivity contribution in [3.8, 4) is 5.75 Å². The molecule has 1 unspecified atom stereocenters. The average molecular weight is 381 g/mol. The highest BCUT2D eigenvalue weighted by Gasteiger charge is 2.13. The molecule has 5 heteroatoms. The van der Waals surface area contributed by atoms with Gasteiger partial charge in [-0.1, -0.05) is 36.4 Å². The van der Waals surface area contributed by atoms with Crippen molar-refractivity contribution in [2.45, 2.75) is 45.1 Å². The second-order valence-corrected chi connectivity index (χ2v) is 7.23. The summed E-state index contributed by atoms with van der Waals surface area (Å²) < 4.78 is 10.5. The molecule has 0 aliphatic heterocycles. The van der Waals surface area contributed by atoms with Gasteiger partial charge >= 0.3 is 5.97 Å². The lowest BCUT2D eigenvalue weighted by molar-refractivity contribution is -0.150. The Morgan fingerprint density at radius 1 is 1.04 bits per heavy atom. The number of aryl methyl sites for hydroxylation is 3. The van der Waals surface area contributed by atoms with E-state index in [2.05, 4.69) is 17.4 Å². The quantitative estimate of drug-likeness (QED) is 0.678. The molecule has 0 fully saturated rings. The zero-order chi connectivity index (χ0) is 19.8. The van der Waals surface area contributed by atoms with E-state index < -0.39 is 5.97 Å². The van der Waals surface area contributed by atoms with Crippen molar-refractivity contribution < 1.29 is 19.1 Å². The predicted molar refractivity (Wildman–Crippen MR) is 107 cm³/mol. The normalized spacial score (nSPS) is 13.5. The minimum Gasteiger partial charge on any atom is -0.482 e. The van der Waals surface area contributed by atoms with Gasteiger partial charge in [-0.2, -0.15) is 0 Å². The Hall–Kier alpha value is -2.82. The number of carbonyl (C=O) groups is 2. The Balaban J connectivity index is 1.32. The van der Waals surface area contributed by atoms with Crippen LogP contribution in [0.5, 0.6) is 5.75 Å². The van der Waals surface area contributed by atoms with Crippen LogP contribution < -0.4 is 10.1 Å². The number of esters is 1. The van der Waals surface area contributed by atoms with Gasteiger partial charge in [0.1, 0.15) is 5.75 Å². The van der Waals surface area contributed by atoms with E-state index in [1.165, 1.54) is 23.1 Å². The molecule has 1 aliphatic carbocycles. The third kappa shape index (κ3) is 6.12. The highest BCUT2D eigenvalue weighted by molar-refractivity contribution is 5.81. The van der Waals surface area contributed by atoms with E-state index in [0.29, 0.717) is 5.75 Å². The number of hydrogen-bond donors (Lipinski definition) is 1. The minimum atomic E-state index is -0.549. The summed E-state index contributed by atoms with van der Waals surface area (Å²) in [5.41, 5.74) is 3.88. The number of hydrogen-bond acceptors (Lipinski definition) is 4. The molecule has 0 aromatic heterocycles. The summed E-state index contributed by atoms with van der Waals surface area (Å²) in [6.07, 6.45) is 5.04. The molecule has 148 valence electrons. The van der Waals surface area contributed by atoms with Crippen molar-refractivity contribution in [2.75, 3.05) is 13.2 Å². The Kier molecular flexibility index (Phi) is 7.06. The first kappa shape index (κ1) is 19.9. The smallest absolute Gasteiger partial charge is 0.344 e. The van der Waals surface area contributed by atoms with Gasteiger partial charge < -0.3 is 14.8 Å². The summed E-state index contributed by atoms with van der Waals surface area (Å²) in [5.74, 6) is -0.185. The van der Waals surface area contributed by atoms with E-state index in [9.17, 15) is 9.59 Å². The Morgan fingerprint density at radius 3 is 2.64 bits per heavy atom. The SMILES string of the molecule is CC(CCc1ccccc1)NC(=O)COC(=O)COc1ccc2c(c1)CCC2. The van der Waals surface area contributed by atoms with Crippen molar-refractivity contribution in [1.29, 1.82) is 0 Å². The number of nitrogens with one attached hydrogen (secondary N) is 1. The van der Waals surface area contributed by atoms with Crippen molar-refractivity contribution >= 4 is 11.9 Å². The fourth-order valence-corrected chi connectivity index (χ4v) is 3.38. The summed E-state index contributed by atoms with van der Waals surface area (Å²) in [6, 6.07) is 16.0. The van der Waals surface area contributed by atoms with Gasteiger partial charge in [-0.05, 0) is 67.9 Å². The van der Waals surface area contributed by atoms with Crippen molar-refractivity contribution in [3.05, 3.63) is 65.2 Å². The van der Waals surface area contributed by atoms with Crippen LogP contribution in [0.15, 0.2) is 48.5 Å². The third-order valence-corrected chi connectivity index (χ3v) is 4.91. The van der Waals surface area contributed by atoms with Gasteiger partial charge in [-0.25, -0.2) is 4.79 Å². The number of rotatable bonds is 9. The van der Waals surface area contributed by atoms with E-state index in [-0.39, 0.29) is 25.2 Å². The maximum Gasteiger partial charge on any atom is 0.344 e. The summed E-state index contributed by atoms with van der Waals surface area (Å²) >= 11 is 0. The molecule has 0 radical (unpaired) electrons. The number of fused-ring (bicyclic) bond motifs is 1. The van der Waals surface area contributed by atoms with Gasteiger partial charge in [0, 0.05) is 6.04 Å². The highest BCUT2D eigenvalue weighted by atomic mass is 16.6. The zero-order valence-electron chi connectivity index (χ0n) is 16.3. The first-order valence-electron chi connectivity index (χ1n) is 9.83. The van der Waals surface area contributed by atoms with Crippen LogP contribution in [-0.4, -0.2) is 31.1 Å². The van der Waals surface area contributed by atoms with Gasteiger partial charge in [-0.3, -0.25) is 4.79 Å². The lowest BCUT2D eigenvalue weighted by atomic mass is 10.1. The fraction of sp³-hybridized carbons (Fsp3) is 0.391. The molecule has 2 aromatic carbocycles. The van der Waals surface area contributed by atoms with Gasteiger partial charge in [0.15, 0.2) is 13.2 Å². The van der Waals surface area contributed by atoms with Crippen molar-refractivity contribution in [2.24, 2.45) is 0 Å². The molecule has 1 atom stereocenters. The monoisotopic (exact) mass is 381 g/mol. The molecular formula is C23H27NO4. The van der Waals surface area contributed by atoms with Crippen molar-refractivity contribution in [3.63, 3.8) is 0 Å². The molecular weight excluding hydrogens is 354 g/mol. The van der Waals surface area contributed by atoms with Gasteiger partial charge in [0.05, 0.1) is 0 Å². The summed E-state index contributed by atoms with van der Waals surface area (Å²) in [4.78, 5) is 23.8. The average Bonchev–Trinajstić information content (AvgIpc) is 3.18. The van der Waals surface area contributed by atoms with Gasteiger partial charge in [0.2, 0.25) is 0 Å². The van der Waals surface area contributed by atoms with E-state index in [0.717, 1.165) is 25.7 Å². The lowest BCUT2D eigenvalue weighted by Crippen LogP contribution is -2.36. The highest BCUT2D eigenvalue weighted by Crippen LogP contribution is 2.25. The van der Waals surface area contributed by atoms with Gasteiger partial charge in [-0.15, -0.1) is 0 Å². The molecule has 28 heavy (non-hydrogen) atoms. The second-order valence-electron chi connectivity index (χ2n) is 7.23. The van der Waals surface area contributed by atoms with Crippen LogP contribution in [0.1, 0.15) is 36.5 Å². The second kappa shape index (κ2) is 9.93. The molecule has 3 rings (SSSR count). The molecule has 0 saturated carbocycles. The third-order valence-electron chi connectivity index (χ3n) is 4.91. The maximum absolute atomic E-state index is 11.9. The number of ether oxygens (including phenoxy) is 2. The number of carbonyl (C=O) groups excluding carboxylic acids is 2. The Morgan fingerprint density at radius 2 is 1.82 bits per heavy atom. The number of benzene rings is 2. The predicted octanol–water partition coefficient (Wildman–Crippen LogP) is 3.23. The lowest BCUT2D eigenvalue weighted by Gasteiger charge is -2.14. The maximum atomic E-state index is 11.9. The van der Waals surface area contributed by atoms with Crippen LogP contribution in [0.2, 0.25) is 0 Å². The fourth-order valence-electron chi connectivity index (χ4n) is 3.38. The molecule has 0 bridgehead atoms. The molecule has 1 amide bonds. The largest absolute Gasteiger partial charge is 0.482 e. The van der Waals surface area contributed by atoms with E-state index in [4.69, 9.17) is 9.47 Å². The zero-order valence-corrected chi connectivity index (χ0v) is 16.3. The molecule has 1 aliphatic rings. The molecule has 5 nitrogen and oxygen atoms in total. The van der Waals surface area contributed by atoms with Crippen LogP contribution in [0.25, 0.3) is 0 Å². The van der Waals surface area contributed by atoms with Crippen LogP contribution in [0.3, 0.4) is 0 Å². The summed E-state index contributed by atoms with van der Waals surface area (Å²) in [7, 11) is 0. The Labute approximate surface area is 166 Å². The van der Waals surface area contributed by atoms with Crippen LogP contribution >= 0.6 is 0 Å². The van der Waals surface area contributed by atoms with Crippen LogP contribution in [0, 0.1) is 0 Å². The van der Waals surface area contributed by atoms with Crippen molar-refractivity contribution in [1.82, 2.24) is 5.32 Å². The molecule has 0 spiro atoms. The molecule has 2 aromatic rings. The van der Waals surface area contributed by atoms with Gasteiger partial charge in [0.25, 0.3) is 5.91 Å². The molecule has 1 N–H and O–H groups in total. The van der Waals surface area contributed by atoms with E-state index in [1.807, 2.05) is 43.3 Å². The minimum absolute atomic E-state index is 0.00840. The summed E-state index contributed by atoms with van der Waals surface area (Å²) in [6.45, 7) is 1.46. The van der Waals surface area contributed by atoms with E-state index in [1.54, 1.807) is 0 Å². The summed E-state index contributed by atoms with van der Waals surface area (Å²) in [5, 5.41) is 2.85. The first-order chi connectivity index (χ1) is 13.6. The topological polar surface area (TPSA) is 64.6 Å².